The van der Waals surface area contributed by atoms with Crippen molar-refractivity contribution in [1.29, 1.82) is 0 Å². The van der Waals surface area contributed by atoms with E-state index < -0.39 is 0 Å². The molecule has 1 saturated heterocycles. The van der Waals surface area contributed by atoms with E-state index in [1.165, 1.54) is 12.0 Å². The van der Waals surface area contributed by atoms with E-state index in [4.69, 9.17) is 9.73 Å². The van der Waals surface area contributed by atoms with Crippen LogP contribution in [0.4, 0.5) is 0 Å². The molecular weight excluding hydrogens is 477 g/mol. The molecule has 0 amide bonds. The first-order valence-electron chi connectivity index (χ1n) is 10.3. The Labute approximate surface area is 191 Å². The number of piperidine rings is 1. The minimum Gasteiger partial charge on any atom is -0.497 e. The summed E-state index contributed by atoms with van der Waals surface area (Å²) in [7, 11) is 1.70. The van der Waals surface area contributed by atoms with Crippen molar-refractivity contribution in [3.63, 3.8) is 0 Å². The Morgan fingerprint density at radius 2 is 2.10 bits per heavy atom. The fourth-order valence-electron chi connectivity index (χ4n) is 3.78. The molecule has 2 atom stereocenters. The number of rotatable bonds is 7. The summed E-state index contributed by atoms with van der Waals surface area (Å²) < 4.78 is 7.46. The van der Waals surface area contributed by atoms with E-state index in [0.29, 0.717) is 12.0 Å². The zero-order valence-electron chi connectivity index (χ0n) is 17.8. The van der Waals surface area contributed by atoms with Gasteiger partial charge in [0.1, 0.15) is 5.75 Å². The lowest BCUT2D eigenvalue weighted by Gasteiger charge is -2.39. The molecule has 29 heavy (non-hydrogen) atoms. The molecule has 2 aromatic rings. The number of ether oxygens (including phenoxy) is 1. The molecule has 7 heteroatoms. The zero-order chi connectivity index (χ0) is 19.8. The fourth-order valence-corrected chi connectivity index (χ4v) is 3.78. The van der Waals surface area contributed by atoms with Gasteiger partial charge in [0, 0.05) is 38.6 Å². The molecule has 0 spiro atoms. The van der Waals surface area contributed by atoms with Crippen LogP contribution in [0.25, 0.3) is 0 Å². The maximum Gasteiger partial charge on any atom is 0.193 e. The maximum absolute atomic E-state index is 5.22. The molecule has 0 radical (unpaired) electrons. The SMILES string of the molecule is CCNC(=NCCCc1ccc(OC)cc1)N1CCC(C)C(n2ccnc2)C1.I. The average Bonchev–Trinajstić information content (AvgIpc) is 3.26. The maximum atomic E-state index is 5.22. The van der Waals surface area contributed by atoms with Crippen LogP contribution >= 0.6 is 24.0 Å². The van der Waals surface area contributed by atoms with Crippen molar-refractivity contribution in [1.82, 2.24) is 19.8 Å². The molecule has 6 nitrogen and oxygen atoms in total. The number of hydrogen-bond donors (Lipinski definition) is 1. The Morgan fingerprint density at radius 3 is 2.76 bits per heavy atom. The summed E-state index contributed by atoms with van der Waals surface area (Å²) in [6.07, 6.45) is 9.11. The molecule has 2 heterocycles. The third-order valence-electron chi connectivity index (χ3n) is 5.51. The minimum atomic E-state index is 0. The highest BCUT2D eigenvalue weighted by Gasteiger charge is 2.28. The molecule has 1 aliphatic rings. The lowest BCUT2D eigenvalue weighted by molar-refractivity contribution is 0.189. The van der Waals surface area contributed by atoms with Crippen molar-refractivity contribution < 1.29 is 4.74 Å². The highest BCUT2D eigenvalue weighted by molar-refractivity contribution is 14.0. The summed E-state index contributed by atoms with van der Waals surface area (Å²) in [6.45, 7) is 8.21. The van der Waals surface area contributed by atoms with E-state index in [2.05, 4.69) is 51.9 Å². The van der Waals surface area contributed by atoms with Crippen LogP contribution in [-0.4, -0.2) is 53.7 Å². The lowest BCUT2D eigenvalue weighted by atomic mass is 9.93. The number of aromatic nitrogens is 2. The number of halogens is 1. The fraction of sp³-hybridized carbons (Fsp3) is 0.545. The van der Waals surface area contributed by atoms with Crippen LogP contribution in [0.3, 0.4) is 0 Å². The number of hydrogen-bond acceptors (Lipinski definition) is 3. The predicted octanol–water partition coefficient (Wildman–Crippen LogP) is 3.99. The van der Waals surface area contributed by atoms with Crippen LogP contribution in [-0.2, 0) is 6.42 Å². The van der Waals surface area contributed by atoms with Crippen molar-refractivity contribution in [2.24, 2.45) is 10.9 Å². The standard InChI is InChI=1S/C22H33N5O.HI/c1-4-24-22(25-12-5-6-19-7-9-20(28-3)10-8-19)26-14-11-18(2)21(16-26)27-15-13-23-17-27;/h7-10,13,15,17-18,21H,4-6,11-12,14,16H2,1-3H3,(H,24,25);1H. The number of methoxy groups -OCH3 is 1. The van der Waals surface area contributed by atoms with Crippen molar-refractivity contribution in [2.45, 2.75) is 39.2 Å². The molecular formula is C22H34IN5O. The second-order valence-corrected chi connectivity index (χ2v) is 7.48. The van der Waals surface area contributed by atoms with E-state index in [9.17, 15) is 0 Å². The smallest absolute Gasteiger partial charge is 0.193 e. The Bertz CT molecular complexity index is 732. The number of likely N-dealkylation sites (tertiary alicyclic amines) is 1. The number of nitrogens with zero attached hydrogens (tertiary/aromatic N) is 4. The van der Waals surface area contributed by atoms with Crippen molar-refractivity contribution in [3.05, 3.63) is 48.5 Å². The highest BCUT2D eigenvalue weighted by atomic mass is 127. The van der Waals surface area contributed by atoms with Crippen LogP contribution < -0.4 is 10.1 Å². The molecule has 1 aromatic carbocycles. The van der Waals surface area contributed by atoms with Gasteiger partial charge in [-0.2, -0.15) is 0 Å². The number of guanidine groups is 1. The number of nitrogens with one attached hydrogen (secondary N) is 1. The van der Waals surface area contributed by atoms with Gasteiger partial charge in [0.15, 0.2) is 5.96 Å². The second-order valence-electron chi connectivity index (χ2n) is 7.48. The zero-order valence-corrected chi connectivity index (χ0v) is 20.1. The van der Waals surface area contributed by atoms with E-state index in [-0.39, 0.29) is 24.0 Å². The molecule has 1 N–H and O–H groups in total. The lowest BCUT2D eigenvalue weighted by Crippen LogP contribution is -2.49. The second kappa shape index (κ2) is 12.0. The largest absolute Gasteiger partial charge is 0.497 e. The van der Waals surface area contributed by atoms with Gasteiger partial charge in [0.05, 0.1) is 19.5 Å². The molecule has 160 valence electrons. The molecule has 1 fully saturated rings. The summed E-state index contributed by atoms with van der Waals surface area (Å²) in [6, 6.07) is 8.76. The number of benzene rings is 1. The first-order valence-corrected chi connectivity index (χ1v) is 10.3. The quantitative estimate of drug-likeness (QED) is 0.265. The van der Waals surface area contributed by atoms with E-state index in [0.717, 1.165) is 50.7 Å². The van der Waals surface area contributed by atoms with Crippen LogP contribution in [0, 0.1) is 5.92 Å². The van der Waals surface area contributed by atoms with Crippen molar-refractivity contribution in [2.75, 3.05) is 33.3 Å². The third kappa shape index (κ3) is 6.62. The normalized spacial score (nSPS) is 19.6. The van der Waals surface area contributed by atoms with E-state index >= 15 is 0 Å². The highest BCUT2D eigenvalue weighted by Crippen LogP contribution is 2.27. The van der Waals surface area contributed by atoms with Crippen molar-refractivity contribution in [3.8, 4) is 5.75 Å². The molecule has 0 bridgehead atoms. The summed E-state index contributed by atoms with van der Waals surface area (Å²) in [5.41, 5.74) is 1.33. The number of aryl methyl sites for hydroxylation is 1. The summed E-state index contributed by atoms with van der Waals surface area (Å²) in [5, 5.41) is 3.48. The van der Waals surface area contributed by atoms with Gasteiger partial charge in [0.25, 0.3) is 0 Å². The molecule has 3 rings (SSSR count). The van der Waals surface area contributed by atoms with Gasteiger partial charge >= 0.3 is 0 Å². The van der Waals surface area contributed by atoms with Gasteiger partial charge in [0.2, 0.25) is 0 Å². The molecule has 0 saturated carbocycles. The predicted molar refractivity (Wildman–Crippen MR) is 129 cm³/mol. The molecule has 1 aliphatic heterocycles. The Hall–Kier alpha value is -1.77. The minimum absolute atomic E-state index is 0. The summed E-state index contributed by atoms with van der Waals surface area (Å²) in [4.78, 5) is 11.5. The van der Waals surface area contributed by atoms with Gasteiger partial charge in [-0.1, -0.05) is 19.1 Å². The van der Waals surface area contributed by atoms with E-state index in [1.807, 2.05) is 24.7 Å². The van der Waals surface area contributed by atoms with E-state index in [1.54, 1.807) is 7.11 Å². The van der Waals surface area contributed by atoms with Gasteiger partial charge in [-0.15, -0.1) is 24.0 Å². The van der Waals surface area contributed by atoms with Gasteiger partial charge < -0.3 is 19.5 Å². The van der Waals surface area contributed by atoms with Crippen LogP contribution in [0.1, 0.15) is 38.3 Å². The molecule has 1 aromatic heterocycles. The molecule has 2 unspecified atom stereocenters. The summed E-state index contributed by atoms with van der Waals surface area (Å²) >= 11 is 0. The van der Waals surface area contributed by atoms with Gasteiger partial charge in [-0.05, 0) is 49.8 Å². The van der Waals surface area contributed by atoms with Crippen LogP contribution in [0.5, 0.6) is 5.75 Å². The van der Waals surface area contributed by atoms with Gasteiger partial charge in [-0.25, -0.2) is 4.98 Å². The molecule has 0 aliphatic carbocycles. The Balaban J connectivity index is 0.00000300. The average molecular weight is 511 g/mol. The third-order valence-corrected chi connectivity index (χ3v) is 5.51. The van der Waals surface area contributed by atoms with Gasteiger partial charge in [-0.3, -0.25) is 4.99 Å². The van der Waals surface area contributed by atoms with Crippen LogP contribution in [0.2, 0.25) is 0 Å². The Morgan fingerprint density at radius 1 is 1.31 bits per heavy atom. The number of aliphatic imine (C=N–C) groups is 1. The first-order chi connectivity index (χ1) is 13.7. The van der Waals surface area contributed by atoms with Crippen LogP contribution in [0.15, 0.2) is 48.0 Å². The number of imidazole rings is 1. The summed E-state index contributed by atoms with van der Waals surface area (Å²) in [5.74, 6) is 2.58. The van der Waals surface area contributed by atoms with Crippen molar-refractivity contribution >= 4 is 29.9 Å². The Kier molecular flexibility index (Phi) is 9.76. The monoisotopic (exact) mass is 511 g/mol. The first kappa shape index (κ1) is 23.5. The topological polar surface area (TPSA) is 54.7 Å².